The highest BCUT2D eigenvalue weighted by Crippen LogP contribution is 2.38. The van der Waals surface area contributed by atoms with Gasteiger partial charge in [0.15, 0.2) is 0 Å². The maximum atomic E-state index is 15.0. The SMILES string of the molecule is CCCN(C(=O)c1cc(C(C)C)c(OCc2ccccc2)cc1OCc1ccccc1)c1cccc(-c2cc(C(=O)OC)c(C)c(N(CC)C3CCOCC3)c2)c1. The summed E-state index contributed by atoms with van der Waals surface area (Å²) in [6.07, 6.45) is 2.58. The molecular weight excluding hydrogens is 713 g/mol. The Morgan fingerprint density at radius 2 is 1.40 bits per heavy atom. The Kier molecular flexibility index (Phi) is 14.0. The van der Waals surface area contributed by atoms with E-state index in [9.17, 15) is 9.59 Å². The average molecular weight is 769 g/mol. The van der Waals surface area contributed by atoms with Gasteiger partial charge in [-0.2, -0.15) is 0 Å². The number of anilines is 2. The summed E-state index contributed by atoms with van der Waals surface area (Å²) in [4.78, 5) is 32.4. The lowest BCUT2D eigenvalue weighted by Crippen LogP contribution is -2.40. The monoisotopic (exact) mass is 768 g/mol. The van der Waals surface area contributed by atoms with Crippen molar-refractivity contribution in [3.63, 3.8) is 0 Å². The van der Waals surface area contributed by atoms with Gasteiger partial charge < -0.3 is 28.7 Å². The van der Waals surface area contributed by atoms with Crippen LogP contribution in [0.3, 0.4) is 0 Å². The topological polar surface area (TPSA) is 77.5 Å². The number of amides is 1. The van der Waals surface area contributed by atoms with Crippen LogP contribution in [0.4, 0.5) is 11.4 Å². The molecule has 1 heterocycles. The summed E-state index contributed by atoms with van der Waals surface area (Å²) < 4.78 is 23.9. The molecule has 1 aliphatic heterocycles. The average Bonchev–Trinajstić information content (AvgIpc) is 3.25. The Balaban J connectivity index is 1.41. The Labute approximate surface area is 338 Å². The summed E-state index contributed by atoms with van der Waals surface area (Å²) in [5.74, 6) is 0.697. The van der Waals surface area contributed by atoms with E-state index in [2.05, 4.69) is 38.7 Å². The fourth-order valence-corrected chi connectivity index (χ4v) is 7.59. The quantitative estimate of drug-likeness (QED) is 0.0925. The summed E-state index contributed by atoms with van der Waals surface area (Å²) in [6, 6.07) is 36.2. The summed E-state index contributed by atoms with van der Waals surface area (Å²) in [7, 11) is 1.42. The van der Waals surface area contributed by atoms with Gasteiger partial charge in [0.25, 0.3) is 5.91 Å². The number of carbonyl (C=O) groups is 2. The van der Waals surface area contributed by atoms with E-state index in [1.54, 1.807) is 0 Å². The fourth-order valence-electron chi connectivity index (χ4n) is 7.59. The predicted molar refractivity (Wildman–Crippen MR) is 229 cm³/mol. The number of nitrogens with zero attached hydrogens (tertiary/aromatic N) is 2. The molecule has 6 rings (SSSR count). The minimum Gasteiger partial charge on any atom is -0.488 e. The normalized spacial score (nSPS) is 13.0. The van der Waals surface area contributed by atoms with E-state index in [0.717, 1.165) is 70.6 Å². The van der Waals surface area contributed by atoms with Gasteiger partial charge in [-0.15, -0.1) is 0 Å². The molecule has 1 saturated heterocycles. The van der Waals surface area contributed by atoms with Crippen molar-refractivity contribution in [2.24, 2.45) is 0 Å². The van der Waals surface area contributed by atoms with Gasteiger partial charge in [-0.05, 0) is 103 Å². The molecule has 0 aromatic heterocycles. The number of methoxy groups -OCH3 is 1. The number of carbonyl (C=O) groups excluding carboxylic acids is 2. The van der Waals surface area contributed by atoms with Crippen molar-refractivity contribution >= 4 is 23.3 Å². The Hall–Kier alpha value is -5.60. The van der Waals surface area contributed by atoms with Gasteiger partial charge in [0, 0.05) is 49.8 Å². The van der Waals surface area contributed by atoms with Crippen LogP contribution in [0.5, 0.6) is 11.5 Å². The predicted octanol–water partition coefficient (Wildman–Crippen LogP) is 10.8. The van der Waals surface area contributed by atoms with E-state index in [4.69, 9.17) is 18.9 Å². The molecule has 0 radical (unpaired) electrons. The van der Waals surface area contributed by atoms with Gasteiger partial charge in [-0.3, -0.25) is 4.79 Å². The standard InChI is InChI=1S/C49H56N2O6/c1-7-24-51(41-21-15-20-38(27-41)39-28-43(49(53)54-6)35(5)45(29-39)50(8-2)40-22-25-55-26-23-40)48(52)44-30-42(34(3)4)46(56-32-36-16-11-9-12-17-36)31-47(44)57-33-37-18-13-10-14-19-37/h9-21,27-31,34,40H,7-8,22-26,32-33H2,1-6H3. The minimum atomic E-state index is -0.377. The molecule has 0 bridgehead atoms. The van der Waals surface area contributed by atoms with Gasteiger partial charge in [-0.1, -0.05) is 93.6 Å². The third kappa shape index (κ3) is 9.86. The van der Waals surface area contributed by atoms with Crippen LogP contribution in [0.1, 0.15) is 95.8 Å². The summed E-state index contributed by atoms with van der Waals surface area (Å²) in [6.45, 7) is 13.8. The lowest BCUT2D eigenvalue weighted by atomic mass is 9.95. The lowest BCUT2D eigenvalue weighted by Gasteiger charge is -2.37. The summed E-state index contributed by atoms with van der Waals surface area (Å²) >= 11 is 0. The van der Waals surface area contributed by atoms with E-state index in [1.165, 1.54) is 7.11 Å². The van der Waals surface area contributed by atoms with E-state index >= 15 is 0 Å². The number of benzene rings is 5. The molecule has 1 aliphatic rings. The number of ether oxygens (including phenoxy) is 4. The van der Waals surface area contributed by atoms with E-state index in [1.807, 2.05) is 115 Å². The maximum absolute atomic E-state index is 15.0. The molecule has 0 aliphatic carbocycles. The highest BCUT2D eigenvalue weighted by atomic mass is 16.5. The van der Waals surface area contributed by atoms with Crippen molar-refractivity contribution < 1.29 is 28.5 Å². The molecule has 8 heteroatoms. The van der Waals surface area contributed by atoms with Crippen LogP contribution < -0.4 is 19.3 Å². The second-order valence-electron chi connectivity index (χ2n) is 14.9. The highest BCUT2D eigenvalue weighted by molar-refractivity contribution is 6.08. The molecule has 298 valence electrons. The molecule has 0 atom stereocenters. The molecule has 5 aromatic carbocycles. The van der Waals surface area contributed by atoms with Gasteiger partial charge in [0.1, 0.15) is 24.7 Å². The molecule has 1 fully saturated rings. The van der Waals surface area contributed by atoms with Crippen molar-refractivity contribution in [2.75, 3.05) is 43.2 Å². The van der Waals surface area contributed by atoms with E-state index in [-0.39, 0.29) is 17.8 Å². The molecule has 1 amide bonds. The largest absolute Gasteiger partial charge is 0.488 e. The van der Waals surface area contributed by atoms with E-state index < -0.39 is 0 Å². The second kappa shape index (κ2) is 19.5. The number of hydrogen-bond acceptors (Lipinski definition) is 7. The van der Waals surface area contributed by atoms with Gasteiger partial charge in [0.2, 0.25) is 0 Å². The van der Waals surface area contributed by atoms with Gasteiger partial charge in [0.05, 0.1) is 18.2 Å². The Bertz CT molecular complexity index is 2110. The first-order chi connectivity index (χ1) is 27.7. The van der Waals surface area contributed by atoms with Gasteiger partial charge in [-0.25, -0.2) is 4.79 Å². The molecule has 8 nitrogen and oxygen atoms in total. The maximum Gasteiger partial charge on any atom is 0.338 e. The fraction of sp³-hybridized carbons (Fsp3) is 0.347. The lowest BCUT2D eigenvalue weighted by molar-refractivity contribution is 0.0599. The molecule has 0 saturated carbocycles. The number of rotatable bonds is 16. The first kappa shape index (κ1) is 41.0. The van der Waals surface area contributed by atoms with Gasteiger partial charge >= 0.3 is 5.97 Å². The van der Waals surface area contributed by atoms with Crippen LogP contribution in [0.15, 0.2) is 109 Å². The zero-order valence-electron chi connectivity index (χ0n) is 34.3. The van der Waals surface area contributed by atoms with Crippen LogP contribution in [0.25, 0.3) is 11.1 Å². The van der Waals surface area contributed by atoms with Crippen LogP contribution in [0, 0.1) is 6.92 Å². The van der Waals surface area contributed by atoms with Crippen molar-refractivity contribution in [1.82, 2.24) is 0 Å². The summed E-state index contributed by atoms with van der Waals surface area (Å²) in [5, 5.41) is 0. The third-order valence-corrected chi connectivity index (χ3v) is 10.7. The smallest absolute Gasteiger partial charge is 0.338 e. The third-order valence-electron chi connectivity index (χ3n) is 10.7. The highest BCUT2D eigenvalue weighted by Gasteiger charge is 2.27. The first-order valence-electron chi connectivity index (χ1n) is 20.2. The van der Waals surface area contributed by atoms with Crippen LogP contribution in [0.2, 0.25) is 0 Å². The van der Waals surface area contributed by atoms with Crippen molar-refractivity contribution in [3.8, 4) is 22.6 Å². The van der Waals surface area contributed by atoms with Crippen LogP contribution in [-0.2, 0) is 22.7 Å². The van der Waals surface area contributed by atoms with E-state index in [0.29, 0.717) is 61.6 Å². The minimum absolute atomic E-state index is 0.0806. The Morgan fingerprint density at radius 1 is 0.754 bits per heavy atom. The number of esters is 1. The Morgan fingerprint density at radius 3 is 2.00 bits per heavy atom. The molecular formula is C49H56N2O6. The molecule has 0 spiro atoms. The van der Waals surface area contributed by atoms with Crippen molar-refractivity contribution in [1.29, 1.82) is 0 Å². The zero-order valence-corrected chi connectivity index (χ0v) is 34.3. The molecule has 57 heavy (non-hydrogen) atoms. The summed E-state index contributed by atoms with van der Waals surface area (Å²) in [5.41, 5.74) is 8.39. The molecule has 5 aromatic rings. The van der Waals surface area contributed by atoms with Crippen LogP contribution >= 0.6 is 0 Å². The van der Waals surface area contributed by atoms with Crippen LogP contribution in [-0.4, -0.2) is 51.3 Å². The second-order valence-corrected chi connectivity index (χ2v) is 14.9. The van der Waals surface area contributed by atoms with Crippen molar-refractivity contribution in [3.05, 3.63) is 143 Å². The molecule has 0 unspecified atom stereocenters. The first-order valence-corrected chi connectivity index (χ1v) is 20.2. The molecule has 0 N–H and O–H groups in total. The van der Waals surface area contributed by atoms with Crippen molar-refractivity contribution in [2.45, 2.75) is 79.1 Å². The number of hydrogen-bond donors (Lipinski definition) is 0. The zero-order chi connectivity index (χ0) is 40.3.